The Kier molecular flexibility index (Phi) is 5.16. The Bertz CT molecular complexity index is 1460. The Balaban J connectivity index is 1.63. The van der Waals surface area contributed by atoms with Crippen LogP contribution in [0.4, 0.5) is 15.8 Å². The number of hydrogen-bond donors (Lipinski definition) is 3. The number of benzene rings is 1. The summed E-state index contributed by atoms with van der Waals surface area (Å²) in [4.78, 5) is 26.1. The molecule has 5 heterocycles. The third-order valence-electron chi connectivity index (χ3n) is 7.01. The number of H-pyrrole nitrogens is 1. The van der Waals surface area contributed by atoms with Gasteiger partial charge >= 0.3 is 0 Å². The molecular formula is C27H26FN5O2. The van der Waals surface area contributed by atoms with Gasteiger partial charge in [0.2, 0.25) is 5.88 Å². The third-order valence-corrected chi connectivity index (χ3v) is 7.01. The van der Waals surface area contributed by atoms with Crippen LogP contribution in [0, 0.1) is 12.7 Å². The molecule has 7 nitrogen and oxygen atoms in total. The zero-order valence-corrected chi connectivity index (χ0v) is 19.6. The summed E-state index contributed by atoms with van der Waals surface area (Å²) >= 11 is 0. The minimum Gasteiger partial charge on any atom is -0.475 e. The average Bonchev–Trinajstić information content (AvgIpc) is 3.23. The predicted molar refractivity (Wildman–Crippen MR) is 133 cm³/mol. The number of aromatic nitrogens is 3. The van der Waals surface area contributed by atoms with E-state index >= 15 is 0 Å². The standard InChI is InChI=1S/C27H26FN5O2/c1-14-5-3-6-16-13-30-27(34)22-23(16)33-25(26(22)31-19-8-4-7-18(28)15(19)2)17-11-12-29-20-9-10-21(35-14)32-24(17)20/h4,7-12,14,16,31,33H,3,5-6,13H2,1-2H3,(H,30,34)/t14-,16?/m0/s1. The normalized spacial score (nSPS) is 19.3. The number of carbonyl (C=O) groups is 1. The number of ether oxygens (including phenoxy) is 1. The van der Waals surface area contributed by atoms with Gasteiger partial charge in [-0.2, -0.15) is 0 Å². The molecule has 2 aliphatic rings. The average molecular weight is 472 g/mol. The second-order valence-corrected chi connectivity index (χ2v) is 9.34. The Morgan fingerprint density at radius 2 is 2.06 bits per heavy atom. The summed E-state index contributed by atoms with van der Waals surface area (Å²) in [6.45, 7) is 4.34. The second-order valence-electron chi connectivity index (χ2n) is 9.34. The van der Waals surface area contributed by atoms with Crippen molar-refractivity contribution in [1.82, 2.24) is 20.3 Å². The minimum absolute atomic E-state index is 0.0185. The summed E-state index contributed by atoms with van der Waals surface area (Å²) in [5.74, 6) is 0.220. The van der Waals surface area contributed by atoms with Crippen molar-refractivity contribution in [3.05, 3.63) is 65.2 Å². The smallest absolute Gasteiger partial charge is 0.255 e. The zero-order valence-electron chi connectivity index (χ0n) is 19.6. The van der Waals surface area contributed by atoms with Crippen LogP contribution in [0.5, 0.6) is 5.88 Å². The van der Waals surface area contributed by atoms with Crippen LogP contribution < -0.4 is 15.4 Å². The van der Waals surface area contributed by atoms with Crippen LogP contribution >= 0.6 is 0 Å². The van der Waals surface area contributed by atoms with Gasteiger partial charge in [0, 0.05) is 47.2 Å². The molecule has 2 atom stereocenters. The van der Waals surface area contributed by atoms with Crippen molar-refractivity contribution in [2.24, 2.45) is 0 Å². The van der Waals surface area contributed by atoms with E-state index in [0.717, 1.165) is 41.7 Å². The fourth-order valence-electron chi connectivity index (χ4n) is 5.11. The highest BCUT2D eigenvalue weighted by Crippen LogP contribution is 2.43. The molecular weight excluding hydrogens is 445 g/mol. The molecule has 1 unspecified atom stereocenters. The number of anilines is 2. The molecule has 3 aromatic heterocycles. The fourth-order valence-corrected chi connectivity index (χ4v) is 5.11. The molecule has 1 aromatic carbocycles. The van der Waals surface area contributed by atoms with Gasteiger partial charge < -0.3 is 20.4 Å². The first-order valence-electron chi connectivity index (χ1n) is 12.0. The van der Waals surface area contributed by atoms with Gasteiger partial charge in [-0.1, -0.05) is 6.07 Å². The number of pyridine rings is 2. The molecule has 35 heavy (non-hydrogen) atoms. The van der Waals surface area contributed by atoms with Gasteiger partial charge in [-0.3, -0.25) is 9.78 Å². The summed E-state index contributed by atoms with van der Waals surface area (Å²) < 4.78 is 20.5. The Morgan fingerprint density at radius 1 is 1.17 bits per heavy atom. The maximum absolute atomic E-state index is 14.4. The monoisotopic (exact) mass is 471 g/mol. The summed E-state index contributed by atoms with van der Waals surface area (Å²) in [6.07, 6.45) is 4.47. The van der Waals surface area contributed by atoms with E-state index in [2.05, 4.69) is 27.5 Å². The predicted octanol–water partition coefficient (Wildman–Crippen LogP) is 5.59. The van der Waals surface area contributed by atoms with Crippen molar-refractivity contribution in [3.63, 3.8) is 0 Å². The van der Waals surface area contributed by atoms with Gasteiger partial charge in [-0.15, -0.1) is 0 Å². The number of amides is 1. The summed E-state index contributed by atoms with van der Waals surface area (Å²) in [5, 5.41) is 6.44. The van der Waals surface area contributed by atoms with Crippen LogP contribution in [0.15, 0.2) is 42.6 Å². The Morgan fingerprint density at radius 3 is 2.94 bits per heavy atom. The van der Waals surface area contributed by atoms with E-state index in [9.17, 15) is 9.18 Å². The fraction of sp³-hybridized carbons (Fsp3) is 0.296. The summed E-state index contributed by atoms with van der Waals surface area (Å²) in [6, 6.07) is 10.5. The molecule has 0 saturated carbocycles. The lowest BCUT2D eigenvalue weighted by atomic mass is 9.91. The van der Waals surface area contributed by atoms with E-state index < -0.39 is 0 Å². The highest BCUT2D eigenvalue weighted by Gasteiger charge is 2.33. The van der Waals surface area contributed by atoms with E-state index in [-0.39, 0.29) is 23.7 Å². The molecule has 4 bridgehead atoms. The van der Waals surface area contributed by atoms with Crippen LogP contribution in [0.1, 0.15) is 53.7 Å². The number of fused-ring (bicyclic) bond motifs is 3. The van der Waals surface area contributed by atoms with Crippen LogP contribution in [-0.2, 0) is 0 Å². The first-order valence-corrected chi connectivity index (χ1v) is 12.0. The van der Waals surface area contributed by atoms with Crippen molar-refractivity contribution >= 4 is 28.3 Å². The quantitative estimate of drug-likeness (QED) is 0.354. The van der Waals surface area contributed by atoms with E-state index in [1.54, 1.807) is 19.2 Å². The molecule has 0 saturated heterocycles. The number of halogens is 1. The van der Waals surface area contributed by atoms with Crippen LogP contribution in [-0.4, -0.2) is 33.5 Å². The molecule has 0 fully saturated rings. The van der Waals surface area contributed by atoms with Gasteiger partial charge in [0.15, 0.2) is 0 Å². The van der Waals surface area contributed by atoms with Gasteiger partial charge in [-0.05, 0) is 57.4 Å². The van der Waals surface area contributed by atoms with Gasteiger partial charge in [0.05, 0.1) is 28.6 Å². The topological polar surface area (TPSA) is 91.9 Å². The van der Waals surface area contributed by atoms with Crippen molar-refractivity contribution in [1.29, 1.82) is 0 Å². The van der Waals surface area contributed by atoms with Crippen molar-refractivity contribution in [2.75, 3.05) is 11.9 Å². The number of rotatable bonds is 2. The maximum Gasteiger partial charge on any atom is 0.255 e. The SMILES string of the molecule is Cc1c(F)cccc1Nc1c2[nH]c3c1C(=O)NCC3CCC[C@H](C)Oc1ccc3nccc-2c3n1. The van der Waals surface area contributed by atoms with Crippen LogP contribution in [0.25, 0.3) is 22.3 Å². The maximum atomic E-state index is 14.4. The number of hydrogen-bond acceptors (Lipinski definition) is 5. The van der Waals surface area contributed by atoms with E-state index in [1.165, 1.54) is 6.07 Å². The highest BCUT2D eigenvalue weighted by atomic mass is 19.1. The summed E-state index contributed by atoms with van der Waals surface area (Å²) in [7, 11) is 0. The van der Waals surface area contributed by atoms with Crippen LogP contribution in [0.3, 0.4) is 0 Å². The molecule has 0 aliphatic carbocycles. The lowest BCUT2D eigenvalue weighted by molar-refractivity contribution is 0.0939. The first-order chi connectivity index (χ1) is 17.0. The van der Waals surface area contributed by atoms with Gasteiger partial charge in [0.25, 0.3) is 5.91 Å². The first kappa shape index (κ1) is 21.6. The Labute approximate surface area is 202 Å². The molecule has 1 amide bonds. The molecule has 8 heteroatoms. The molecule has 0 radical (unpaired) electrons. The lowest BCUT2D eigenvalue weighted by Crippen LogP contribution is -2.35. The Hall–Kier alpha value is -3.94. The number of carbonyl (C=O) groups excluding carboxylic acids is 1. The number of nitrogens with zero attached hydrogens (tertiary/aromatic N) is 2. The number of nitrogens with one attached hydrogen (secondary N) is 3. The van der Waals surface area contributed by atoms with Gasteiger partial charge in [-0.25, -0.2) is 9.37 Å². The molecule has 3 N–H and O–H groups in total. The largest absolute Gasteiger partial charge is 0.475 e. The minimum atomic E-state index is -0.308. The number of aromatic amines is 1. The van der Waals surface area contributed by atoms with Crippen molar-refractivity contribution in [3.8, 4) is 17.1 Å². The van der Waals surface area contributed by atoms with Crippen LogP contribution in [0.2, 0.25) is 0 Å². The lowest BCUT2D eigenvalue weighted by Gasteiger charge is -2.24. The van der Waals surface area contributed by atoms with E-state index in [4.69, 9.17) is 9.72 Å². The second kappa shape index (κ2) is 8.37. The zero-order chi connectivity index (χ0) is 24.1. The molecule has 0 spiro atoms. The van der Waals surface area contributed by atoms with Crippen molar-refractivity contribution in [2.45, 2.75) is 45.1 Å². The third kappa shape index (κ3) is 3.69. The molecule has 6 rings (SSSR count). The highest BCUT2D eigenvalue weighted by molar-refractivity contribution is 6.08. The van der Waals surface area contributed by atoms with Crippen molar-refractivity contribution < 1.29 is 13.9 Å². The summed E-state index contributed by atoms with van der Waals surface area (Å²) in [5.41, 5.74) is 6.09. The molecule has 2 aliphatic heterocycles. The molecule has 4 aromatic rings. The van der Waals surface area contributed by atoms with E-state index in [1.807, 2.05) is 24.3 Å². The van der Waals surface area contributed by atoms with Gasteiger partial charge in [0.1, 0.15) is 11.3 Å². The van der Waals surface area contributed by atoms with E-state index in [0.29, 0.717) is 40.4 Å². The molecule has 178 valence electrons.